The molecule has 0 spiro atoms. The molecule has 0 atom stereocenters. The summed E-state index contributed by atoms with van der Waals surface area (Å²) in [5, 5.41) is 8.80. The van der Waals surface area contributed by atoms with Crippen LogP contribution in [-0.4, -0.2) is 21.0 Å². The highest BCUT2D eigenvalue weighted by molar-refractivity contribution is 5.86. The Kier molecular flexibility index (Phi) is 2.51. The molecule has 3 N–H and O–H groups in total. The Labute approximate surface area is 91.6 Å². The predicted octanol–water partition coefficient (Wildman–Crippen LogP) is 1.42. The molecule has 2 aromatic heterocycles. The fourth-order valence-corrected chi connectivity index (χ4v) is 1.28. The molecule has 0 unspecified atom stereocenters. The number of carboxylic acid groups (broad SMARTS) is 1. The maximum absolute atomic E-state index is 10.7. The van der Waals surface area contributed by atoms with Gasteiger partial charge in [-0.3, -0.25) is 4.98 Å². The average molecular weight is 215 g/mol. The smallest absolute Gasteiger partial charge is 0.354 e. The quantitative estimate of drug-likeness (QED) is 0.790. The Hall–Kier alpha value is -2.43. The van der Waals surface area contributed by atoms with Gasteiger partial charge in [0.15, 0.2) is 0 Å². The van der Waals surface area contributed by atoms with Crippen LogP contribution in [0, 0.1) is 0 Å². The second-order valence-corrected chi connectivity index (χ2v) is 3.19. The number of nitrogen functional groups attached to an aromatic ring is 1. The summed E-state index contributed by atoms with van der Waals surface area (Å²) in [5.74, 6) is -1.06. The van der Waals surface area contributed by atoms with E-state index in [2.05, 4.69) is 9.97 Å². The molecular formula is C11H9N3O2. The third kappa shape index (κ3) is 1.98. The van der Waals surface area contributed by atoms with Crippen molar-refractivity contribution in [1.29, 1.82) is 0 Å². The number of hydrogen-bond acceptors (Lipinski definition) is 4. The van der Waals surface area contributed by atoms with Gasteiger partial charge in [-0.2, -0.15) is 0 Å². The first-order valence-electron chi connectivity index (χ1n) is 4.59. The van der Waals surface area contributed by atoms with Crippen molar-refractivity contribution >= 4 is 11.7 Å². The number of pyridine rings is 2. The molecule has 5 heteroatoms. The minimum absolute atomic E-state index is 0.0123. The van der Waals surface area contributed by atoms with Crippen LogP contribution >= 0.6 is 0 Å². The zero-order chi connectivity index (χ0) is 11.5. The third-order valence-electron chi connectivity index (χ3n) is 2.01. The molecule has 0 saturated heterocycles. The van der Waals surface area contributed by atoms with Crippen LogP contribution < -0.4 is 5.73 Å². The SMILES string of the molecule is Nc1ccnc(-c2cccc(C(=O)O)n2)c1. The van der Waals surface area contributed by atoms with Gasteiger partial charge in [-0.25, -0.2) is 9.78 Å². The van der Waals surface area contributed by atoms with E-state index in [1.54, 1.807) is 30.5 Å². The topological polar surface area (TPSA) is 89.1 Å². The Morgan fingerprint density at radius 2 is 2.06 bits per heavy atom. The number of nitrogens with two attached hydrogens (primary N) is 1. The molecule has 0 aliphatic rings. The van der Waals surface area contributed by atoms with Gasteiger partial charge >= 0.3 is 5.97 Å². The maximum Gasteiger partial charge on any atom is 0.354 e. The number of anilines is 1. The van der Waals surface area contributed by atoms with Gasteiger partial charge in [0, 0.05) is 11.9 Å². The lowest BCUT2D eigenvalue weighted by molar-refractivity contribution is 0.0690. The summed E-state index contributed by atoms with van der Waals surface area (Å²) in [4.78, 5) is 18.8. The molecule has 5 nitrogen and oxygen atoms in total. The van der Waals surface area contributed by atoms with Crippen molar-refractivity contribution in [2.45, 2.75) is 0 Å². The highest BCUT2D eigenvalue weighted by Gasteiger charge is 2.07. The summed E-state index contributed by atoms with van der Waals surface area (Å²) in [7, 11) is 0. The summed E-state index contributed by atoms with van der Waals surface area (Å²) < 4.78 is 0. The van der Waals surface area contributed by atoms with Crippen molar-refractivity contribution in [3.63, 3.8) is 0 Å². The van der Waals surface area contributed by atoms with Gasteiger partial charge < -0.3 is 10.8 Å². The molecule has 0 amide bonds. The highest BCUT2D eigenvalue weighted by atomic mass is 16.4. The largest absolute Gasteiger partial charge is 0.477 e. The molecule has 2 heterocycles. The number of nitrogens with zero attached hydrogens (tertiary/aromatic N) is 2. The minimum Gasteiger partial charge on any atom is -0.477 e. The van der Waals surface area contributed by atoms with Gasteiger partial charge in [-0.1, -0.05) is 6.07 Å². The predicted molar refractivity (Wildman–Crippen MR) is 58.8 cm³/mol. The number of aromatic carboxylic acids is 1. The van der Waals surface area contributed by atoms with Crippen LogP contribution in [-0.2, 0) is 0 Å². The molecule has 0 radical (unpaired) electrons. The number of hydrogen-bond donors (Lipinski definition) is 2. The first-order valence-corrected chi connectivity index (χ1v) is 4.59. The van der Waals surface area contributed by atoms with E-state index in [1.807, 2.05) is 0 Å². The molecule has 0 aliphatic heterocycles. The first kappa shape index (κ1) is 10.1. The van der Waals surface area contributed by atoms with Crippen molar-refractivity contribution in [2.24, 2.45) is 0 Å². The normalized spacial score (nSPS) is 10.0. The molecule has 0 aromatic carbocycles. The minimum atomic E-state index is -1.06. The molecule has 16 heavy (non-hydrogen) atoms. The summed E-state index contributed by atoms with van der Waals surface area (Å²) in [6.45, 7) is 0. The van der Waals surface area contributed by atoms with E-state index in [4.69, 9.17) is 10.8 Å². The van der Waals surface area contributed by atoms with Crippen LogP contribution in [0.5, 0.6) is 0 Å². The van der Waals surface area contributed by atoms with E-state index in [0.29, 0.717) is 17.1 Å². The van der Waals surface area contributed by atoms with Crippen LogP contribution in [0.4, 0.5) is 5.69 Å². The maximum atomic E-state index is 10.7. The Balaban J connectivity index is 2.48. The van der Waals surface area contributed by atoms with E-state index in [1.165, 1.54) is 6.07 Å². The van der Waals surface area contributed by atoms with Crippen LogP contribution in [0.1, 0.15) is 10.5 Å². The fourth-order valence-electron chi connectivity index (χ4n) is 1.28. The van der Waals surface area contributed by atoms with Gasteiger partial charge in [-0.15, -0.1) is 0 Å². The van der Waals surface area contributed by atoms with E-state index in [-0.39, 0.29) is 5.69 Å². The lowest BCUT2D eigenvalue weighted by Crippen LogP contribution is -2.01. The second kappa shape index (κ2) is 3.98. The molecule has 0 saturated carbocycles. The molecular weight excluding hydrogens is 206 g/mol. The molecule has 0 bridgehead atoms. The van der Waals surface area contributed by atoms with Crippen LogP contribution in [0.3, 0.4) is 0 Å². The van der Waals surface area contributed by atoms with Gasteiger partial charge in [0.1, 0.15) is 5.69 Å². The van der Waals surface area contributed by atoms with Gasteiger partial charge in [0.05, 0.1) is 11.4 Å². The summed E-state index contributed by atoms with van der Waals surface area (Å²) in [5.41, 5.74) is 7.21. The molecule has 2 aromatic rings. The first-order chi connectivity index (χ1) is 7.66. The van der Waals surface area contributed by atoms with Gasteiger partial charge in [-0.05, 0) is 24.3 Å². The average Bonchev–Trinajstić information content (AvgIpc) is 2.29. The fraction of sp³-hybridized carbons (Fsp3) is 0. The van der Waals surface area contributed by atoms with Crippen molar-refractivity contribution in [2.75, 3.05) is 5.73 Å². The summed E-state index contributed by atoms with van der Waals surface area (Å²) in [6.07, 6.45) is 1.56. The Bertz CT molecular complexity index is 540. The molecule has 2 rings (SSSR count). The third-order valence-corrected chi connectivity index (χ3v) is 2.01. The van der Waals surface area contributed by atoms with Crippen molar-refractivity contribution in [1.82, 2.24) is 9.97 Å². The van der Waals surface area contributed by atoms with Crippen LogP contribution in [0.15, 0.2) is 36.5 Å². The zero-order valence-electron chi connectivity index (χ0n) is 8.29. The monoisotopic (exact) mass is 215 g/mol. The van der Waals surface area contributed by atoms with Gasteiger partial charge in [0.2, 0.25) is 0 Å². The number of carbonyl (C=O) groups is 1. The summed E-state index contributed by atoms with van der Waals surface area (Å²) >= 11 is 0. The lowest BCUT2D eigenvalue weighted by Gasteiger charge is -2.01. The molecule has 80 valence electrons. The van der Waals surface area contributed by atoms with Crippen molar-refractivity contribution < 1.29 is 9.90 Å². The van der Waals surface area contributed by atoms with Crippen LogP contribution in [0.2, 0.25) is 0 Å². The Morgan fingerprint density at radius 3 is 2.75 bits per heavy atom. The standard InChI is InChI=1S/C11H9N3O2/c12-7-4-5-13-10(6-7)8-2-1-3-9(14-8)11(15)16/h1-6H,(H2,12,13)(H,15,16). The second-order valence-electron chi connectivity index (χ2n) is 3.19. The number of aromatic nitrogens is 2. The van der Waals surface area contributed by atoms with E-state index >= 15 is 0 Å². The number of carboxylic acids is 1. The molecule has 0 aliphatic carbocycles. The van der Waals surface area contributed by atoms with Gasteiger partial charge in [0.25, 0.3) is 0 Å². The number of rotatable bonds is 2. The van der Waals surface area contributed by atoms with E-state index in [9.17, 15) is 4.79 Å². The van der Waals surface area contributed by atoms with Crippen LogP contribution in [0.25, 0.3) is 11.4 Å². The van der Waals surface area contributed by atoms with Crippen molar-refractivity contribution in [3.05, 3.63) is 42.2 Å². The highest BCUT2D eigenvalue weighted by Crippen LogP contribution is 2.16. The van der Waals surface area contributed by atoms with E-state index in [0.717, 1.165) is 0 Å². The van der Waals surface area contributed by atoms with E-state index < -0.39 is 5.97 Å². The summed E-state index contributed by atoms with van der Waals surface area (Å²) in [6, 6.07) is 8.04. The van der Waals surface area contributed by atoms with Crippen molar-refractivity contribution in [3.8, 4) is 11.4 Å². The lowest BCUT2D eigenvalue weighted by atomic mass is 10.2. The Morgan fingerprint density at radius 1 is 1.25 bits per heavy atom. The molecule has 0 fully saturated rings. The zero-order valence-corrected chi connectivity index (χ0v) is 8.29.